The lowest BCUT2D eigenvalue weighted by Gasteiger charge is -2.19. The molecule has 0 radical (unpaired) electrons. The second-order valence-corrected chi connectivity index (χ2v) is 10.2. The van der Waals surface area contributed by atoms with Crippen LogP contribution in [-0.2, 0) is 5.75 Å². The zero-order valence-electron chi connectivity index (χ0n) is 19.3. The van der Waals surface area contributed by atoms with Crippen LogP contribution in [0.3, 0.4) is 0 Å². The van der Waals surface area contributed by atoms with Crippen molar-refractivity contribution in [1.29, 1.82) is 0 Å². The van der Waals surface area contributed by atoms with Gasteiger partial charge in [0.2, 0.25) is 0 Å². The summed E-state index contributed by atoms with van der Waals surface area (Å²) in [6, 6.07) is 13.4. The number of aryl methyl sites for hydroxylation is 1. The van der Waals surface area contributed by atoms with Crippen molar-refractivity contribution in [3.8, 4) is 0 Å². The van der Waals surface area contributed by atoms with E-state index in [0.29, 0.717) is 22.6 Å². The standard InChI is InChI=1S/C27H28N2O3S/c1-16(2)21-14-22-18(13-25(30)32-24(22)12-17(21)3)15-33-27-28-23-11-7-6-10-20(23)26(31)29(27)19-8-4-5-9-19/h6-7,10-14,16,19H,4-5,8-9,15H2,1-3H3. The van der Waals surface area contributed by atoms with Crippen LogP contribution in [0, 0.1) is 6.92 Å². The minimum Gasteiger partial charge on any atom is -0.423 e. The van der Waals surface area contributed by atoms with E-state index >= 15 is 0 Å². The zero-order chi connectivity index (χ0) is 23.1. The number of rotatable bonds is 5. The lowest BCUT2D eigenvalue weighted by molar-refractivity contribution is 0.457. The zero-order valence-corrected chi connectivity index (χ0v) is 20.1. The molecule has 1 fully saturated rings. The third-order valence-corrected chi connectivity index (χ3v) is 7.66. The van der Waals surface area contributed by atoms with Crippen molar-refractivity contribution < 1.29 is 4.42 Å². The molecular formula is C27H28N2O3S. The third-order valence-electron chi connectivity index (χ3n) is 6.66. The van der Waals surface area contributed by atoms with Crippen LogP contribution in [0.2, 0.25) is 0 Å². The molecule has 0 atom stereocenters. The number of para-hydroxylation sites is 1. The molecule has 170 valence electrons. The van der Waals surface area contributed by atoms with Crippen LogP contribution in [0.1, 0.15) is 68.2 Å². The van der Waals surface area contributed by atoms with Crippen LogP contribution in [0.15, 0.2) is 61.6 Å². The van der Waals surface area contributed by atoms with E-state index in [0.717, 1.165) is 52.9 Å². The van der Waals surface area contributed by atoms with Crippen LogP contribution < -0.4 is 11.2 Å². The Morgan fingerprint density at radius 3 is 2.61 bits per heavy atom. The van der Waals surface area contributed by atoms with Gasteiger partial charge in [0.1, 0.15) is 5.58 Å². The molecule has 1 aliphatic rings. The molecule has 5 nitrogen and oxygen atoms in total. The molecule has 2 aromatic carbocycles. The van der Waals surface area contributed by atoms with E-state index in [4.69, 9.17) is 9.40 Å². The smallest absolute Gasteiger partial charge is 0.336 e. The van der Waals surface area contributed by atoms with Crippen LogP contribution in [0.25, 0.3) is 21.9 Å². The Hall–Kier alpha value is -2.86. The number of hydrogen-bond acceptors (Lipinski definition) is 5. The lowest BCUT2D eigenvalue weighted by atomic mass is 9.95. The average molecular weight is 461 g/mol. The first-order valence-corrected chi connectivity index (χ1v) is 12.6. The van der Waals surface area contributed by atoms with E-state index in [1.165, 1.54) is 17.3 Å². The molecule has 6 heteroatoms. The van der Waals surface area contributed by atoms with Gasteiger partial charge in [0, 0.05) is 23.2 Å². The number of hydrogen-bond donors (Lipinski definition) is 0. The molecule has 1 aliphatic carbocycles. The highest BCUT2D eigenvalue weighted by Crippen LogP contribution is 2.34. The van der Waals surface area contributed by atoms with Crippen LogP contribution in [0.5, 0.6) is 0 Å². The monoisotopic (exact) mass is 460 g/mol. The summed E-state index contributed by atoms with van der Waals surface area (Å²) in [6.45, 7) is 6.39. The number of aromatic nitrogens is 2. The van der Waals surface area contributed by atoms with Crippen molar-refractivity contribution in [3.63, 3.8) is 0 Å². The Bertz CT molecular complexity index is 1460. The Kier molecular flexibility index (Phi) is 5.87. The summed E-state index contributed by atoms with van der Waals surface area (Å²) in [4.78, 5) is 30.6. The lowest BCUT2D eigenvalue weighted by Crippen LogP contribution is -2.26. The Balaban J connectivity index is 1.60. The fourth-order valence-corrected chi connectivity index (χ4v) is 6.04. The highest BCUT2D eigenvalue weighted by molar-refractivity contribution is 7.98. The van der Waals surface area contributed by atoms with E-state index in [1.807, 2.05) is 34.9 Å². The van der Waals surface area contributed by atoms with Crippen LogP contribution >= 0.6 is 11.8 Å². The molecule has 0 aliphatic heterocycles. The molecule has 2 aromatic heterocycles. The fraction of sp³-hybridized carbons (Fsp3) is 0.370. The van der Waals surface area contributed by atoms with Crippen molar-refractivity contribution in [1.82, 2.24) is 9.55 Å². The quantitative estimate of drug-likeness (QED) is 0.197. The largest absolute Gasteiger partial charge is 0.423 e. The van der Waals surface area contributed by atoms with Crippen LogP contribution in [0.4, 0.5) is 0 Å². The van der Waals surface area contributed by atoms with Gasteiger partial charge in [-0.1, -0.05) is 50.6 Å². The SMILES string of the molecule is Cc1cc2oc(=O)cc(CSc3nc4ccccc4c(=O)n3C3CCCC3)c2cc1C(C)C. The van der Waals surface area contributed by atoms with E-state index < -0.39 is 0 Å². The Morgan fingerprint density at radius 2 is 1.85 bits per heavy atom. The van der Waals surface area contributed by atoms with Crippen molar-refractivity contribution in [3.05, 3.63) is 79.9 Å². The molecule has 1 saturated carbocycles. The molecule has 0 saturated heterocycles. The van der Waals surface area contributed by atoms with E-state index in [9.17, 15) is 9.59 Å². The van der Waals surface area contributed by atoms with Crippen molar-refractivity contribution in [2.45, 2.75) is 69.3 Å². The number of fused-ring (bicyclic) bond motifs is 2. The highest BCUT2D eigenvalue weighted by Gasteiger charge is 2.23. The maximum Gasteiger partial charge on any atom is 0.336 e. The number of thioether (sulfide) groups is 1. The molecule has 0 bridgehead atoms. The second kappa shape index (κ2) is 8.82. The molecule has 4 aromatic rings. The normalized spacial score (nSPS) is 14.7. The minimum absolute atomic E-state index is 0.0325. The summed E-state index contributed by atoms with van der Waals surface area (Å²) >= 11 is 1.53. The van der Waals surface area contributed by atoms with Crippen molar-refractivity contribution in [2.75, 3.05) is 0 Å². The van der Waals surface area contributed by atoms with Gasteiger partial charge in [0.15, 0.2) is 5.16 Å². The molecule has 0 amide bonds. The van der Waals surface area contributed by atoms with Gasteiger partial charge >= 0.3 is 5.63 Å². The predicted molar refractivity (Wildman–Crippen MR) is 134 cm³/mol. The first-order chi connectivity index (χ1) is 15.9. The summed E-state index contributed by atoms with van der Waals surface area (Å²) in [7, 11) is 0. The number of benzene rings is 2. The van der Waals surface area contributed by atoms with Gasteiger partial charge < -0.3 is 4.42 Å². The molecule has 0 spiro atoms. The van der Waals surface area contributed by atoms with E-state index in [-0.39, 0.29) is 17.2 Å². The van der Waals surface area contributed by atoms with Crippen molar-refractivity contribution >= 4 is 33.6 Å². The van der Waals surface area contributed by atoms with Gasteiger partial charge in [-0.15, -0.1) is 0 Å². The average Bonchev–Trinajstić information content (AvgIpc) is 3.31. The maximum absolute atomic E-state index is 13.4. The molecule has 0 unspecified atom stereocenters. The summed E-state index contributed by atoms with van der Waals surface area (Å²) in [5, 5.41) is 2.34. The molecular weight excluding hydrogens is 432 g/mol. The van der Waals surface area contributed by atoms with Gasteiger partial charge in [0.25, 0.3) is 5.56 Å². The summed E-state index contributed by atoms with van der Waals surface area (Å²) in [5.74, 6) is 0.914. The second-order valence-electron chi connectivity index (χ2n) is 9.26. The summed E-state index contributed by atoms with van der Waals surface area (Å²) in [6.07, 6.45) is 4.27. The minimum atomic E-state index is -0.352. The van der Waals surface area contributed by atoms with E-state index in [2.05, 4.69) is 26.8 Å². The molecule has 0 N–H and O–H groups in total. The maximum atomic E-state index is 13.4. The van der Waals surface area contributed by atoms with Crippen LogP contribution in [-0.4, -0.2) is 9.55 Å². The molecule has 33 heavy (non-hydrogen) atoms. The Labute approximate surface area is 196 Å². The first kappa shape index (κ1) is 22.0. The summed E-state index contributed by atoms with van der Waals surface area (Å²) in [5.41, 5.74) is 4.29. The topological polar surface area (TPSA) is 65.1 Å². The predicted octanol–water partition coefficient (Wildman–Crippen LogP) is 6.34. The van der Waals surface area contributed by atoms with Gasteiger partial charge in [0.05, 0.1) is 10.9 Å². The van der Waals surface area contributed by atoms with Gasteiger partial charge in [-0.3, -0.25) is 9.36 Å². The highest BCUT2D eigenvalue weighted by atomic mass is 32.2. The van der Waals surface area contributed by atoms with Gasteiger partial charge in [-0.25, -0.2) is 9.78 Å². The molecule has 5 rings (SSSR count). The van der Waals surface area contributed by atoms with Gasteiger partial charge in [-0.2, -0.15) is 0 Å². The Morgan fingerprint density at radius 1 is 1.09 bits per heavy atom. The number of nitrogens with zero attached hydrogens (tertiary/aromatic N) is 2. The molecule has 2 heterocycles. The first-order valence-electron chi connectivity index (χ1n) is 11.6. The van der Waals surface area contributed by atoms with Gasteiger partial charge in [-0.05, 0) is 66.6 Å². The fourth-order valence-electron chi connectivity index (χ4n) is 4.99. The van der Waals surface area contributed by atoms with E-state index in [1.54, 1.807) is 6.07 Å². The third kappa shape index (κ3) is 4.12. The summed E-state index contributed by atoms with van der Waals surface area (Å²) < 4.78 is 7.42. The van der Waals surface area contributed by atoms with Crippen molar-refractivity contribution in [2.24, 2.45) is 0 Å².